The third-order valence-electron chi connectivity index (χ3n) is 2.47. The quantitative estimate of drug-likeness (QED) is 0.432. The Labute approximate surface area is 118 Å². The number of ether oxygens (including phenoxy) is 3. The van der Waals surface area contributed by atoms with Crippen LogP contribution in [0.25, 0.3) is 6.08 Å². The number of hydrogen-bond donors (Lipinski definition) is 0. The zero-order chi connectivity index (χ0) is 14.8. The van der Waals surface area contributed by atoms with Crippen molar-refractivity contribution in [2.75, 3.05) is 27.4 Å². The minimum absolute atomic E-state index is 0.134. The molecule has 0 aliphatic heterocycles. The lowest BCUT2D eigenvalue weighted by molar-refractivity contribution is -0.146. The van der Waals surface area contributed by atoms with Crippen molar-refractivity contribution >= 4 is 18.0 Å². The van der Waals surface area contributed by atoms with E-state index in [-0.39, 0.29) is 18.6 Å². The van der Waals surface area contributed by atoms with Crippen LogP contribution in [-0.2, 0) is 23.8 Å². The first kappa shape index (κ1) is 15.9. The molecule has 5 nitrogen and oxygen atoms in total. The summed E-state index contributed by atoms with van der Waals surface area (Å²) in [5, 5.41) is 0. The maximum Gasteiger partial charge on any atom is 0.334 e. The van der Waals surface area contributed by atoms with Gasteiger partial charge in [0.05, 0.1) is 20.1 Å². The molecule has 0 aliphatic rings. The van der Waals surface area contributed by atoms with E-state index in [1.807, 2.05) is 30.3 Å². The number of carbonyl (C=O) groups is 2. The van der Waals surface area contributed by atoms with Crippen molar-refractivity contribution in [3.05, 3.63) is 41.5 Å². The molecule has 0 aliphatic carbocycles. The van der Waals surface area contributed by atoms with E-state index in [9.17, 15) is 9.59 Å². The Balaban J connectivity index is 2.73. The van der Waals surface area contributed by atoms with Crippen LogP contribution < -0.4 is 0 Å². The van der Waals surface area contributed by atoms with Gasteiger partial charge in [0.1, 0.15) is 6.61 Å². The van der Waals surface area contributed by atoms with Gasteiger partial charge in [-0.2, -0.15) is 0 Å². The highest BCUT2D eigenvalue weighted by atomic mass is 16.6. The molecular formula is C15H18O5. The molecule has 0 aromatic heterocycles. The predicted octanol–water partition coefficient (Wildman–Crippen LogP) is 1.82. The number of esters is 2. The van der Waals surface area contributed by atoms with Crippen molar-refractivity contribution in [2.24, 2.45) is 0 Å². The Morgan fingerprint density at radius 2 is 1.80 bits per heavy atom. The van der Waals surface area contributed by atoms with Gasteiger partial charge in [0.15, 0.2) is 0 Å². The highest BCUT2D eigenvalue weighted by molar-refractivity contribution is 5.98. The molecule has 0 atom stereocenters. The Bertz CT molecular complexity index is 464. The summed E-state index contributed by atoms with van der Waals surface area (Å²) in [6.45, 7) is 0.483. The first-order chi connectivity index (χ1) is 9.67. The highest BCUT2D eigenvalue weighted by Gasteiger charge is 2.15. The summed E-state index contributed by atoms with van der Waals surface area (Å²) in [4.78, 5) is 23.3. The minimum Gasteiger partial charge on any atom is -0.466 e. The molecule has 0 N–H and O–H groups in total. The van der Waals surface area contributed by atoms with Crippen molar-refractivity contribution in [3.8, 4) is 0 Å². The fraction of sp³-hybridized carbons (Fsp3) is 0.333. The molecule has 0 radical (unpaired) electrons. The van der Waals surface area contributed by atoms with Gasteiger partial charge in [0.2, 0.25) is 0 Å². The molecule has 0 saturated heterocycles. The minimum atomic E-state index is -0.544. The summed E-state index contributed by atoms with van der Waals surface area (Å²) in [5.41, 5.74) is 1.07. The number of methoxy groups -OCH3 is 2. The molecule has 0 spiro atoms. The van der Waals surface area contributed by atoms with E-state index in [1.54, 1.807) is 6.08 Å². The summed E-state index contributed by atoms with van der Waals surface area (Å²) in [5.74, 6) is -1.04. The van der Waals surface area contributed by atoms with Crippen LogP contribution in [0.1, 0.15) is 12.0 Å². The second-order valence-electron chi connectivity index (χ2n) is 3.96. The molecular weight excluding hydrogens is 260 g/mol. The van der Waals surface area contributed by atoms with E-state index in [2.05, 4.69) is 4.74 Å². The SMILES string of the molecule is COCCOC(=O)C/C(=C\c1ccccc1)C(=O)OC. The summed E-state index contributed by atoms with van der Waals surface area (Å²) < 4.78 is 14.4. The van der Waals surface area contributed by atoms with Gasteiger partial charge >= 0.3 is 11.9 Å². The van der Waals surface area contributed by atoms with Crippen LogP contribution >= 0.6 is 0 Å². The third kappa shape index (κ3) is 5.67. The average molecular weight is 278 g/mol. The predicted molar refractivity (Wildman–Crippen MR) is 73.9 cm³/mol. The molecule has 0 bridgehead atoms. The van der Waals surface area contributed by atoms with Crippen molar-refractivity contribution in [3.63, 3.8) is 0 Å². The van der Waals surface area contributed by atoms with Crippen molar-refractivity contribution in [1.29, 1.82) is 0 Å². The van der Waals surface area contributed by atoms with Crippen LogP contribution in [0.2, 0.25) is 0 Å². The van der Waals surface area contributed by atoms with E-state index in [0.717, 1.165) is 5.56 Å². The summed E-state index contributed by atoms with van der Waals surface area (Å²) in [6, 6.07) is 9.22. The fourth-order valence-corrected chi connectivity index (χ4v) is 1.51. The van der Waals surface area contributed by atoms with Crippen molar-refractivity contribution in [1.82, 2.24) is 0 Å². The van der Waals surface area contributed by atoms with Crippen LogP contribution in [0.5, 0.6) is 0 Å². The number of benzene rings is 1. The molecule has 1 aromatic carbocycles. The van der Waals surface area contributed by atoms with Crippen LogP contribution in [0, 0.1) is 0 Å². The van der Waals surface area contributed by atoms with Crippen LogP contribution in [-0.4, -0.2) is 39.4 Å². The van der Waals surface area contributed by atoms with E-state index in [4.69, 9.17) is 9.47 Å². The van der Waals surface area contributed by atoms with Gasteiger partial charge in [-0.05, 0) is 11.6 Å². The zero-order valence-electron chi connectivity index (χ0n) is 11.6. The van der Waals surface area contributed by atoms with E-state index in [0.29, 0.717) is 6.61 Å². The van der Waals surface area contributed by atoms with Gasteiger partial charge in [-0.25, -0.2) is 4.79 Å². The lowest BCUT2D eigenvalue weighted by atomic mass is 10.1. The van der Waals surface area contributed by atoms with Gasteiger partial charge < -0.3 is 14.2 Å². The third-order valence-corrected chi connectivity index (χ3v) is 2.47. The molecule has 0 saturated carbocycles. The van der Waals surface area contributed by atoms with Gasteiger partial charge in [0, 0.05) is 12.7 Å². The topological polar surface area (TPSA) is 61.8 Å². The summed E-state index contributed by atoms with van der Waals surface area (Å²) in [6.07, 6.45) is 1.48. The molecule has 1 rings (SSSR count). The van der Waals surface area contributed by atoms with Gasteiger partial charge in [-0.1, -0.05) is 30.3 Å². The molecule has 0 fully saturated rings. The van der Waals surface area contributed by atoms with E-state index in [1.165, 1.54) is 14.2 Å². The second-order valence-corrected chi connectivity index (χ2v) is 3.96. The van der Waals surface area contributed by atoms with Crippen LogP contribution in [0.3, 0.4) is 0 Å². The number of hydrogen-bond acceptors (Lipinski definition) is 5. The van der Waals surface area contributed by atoms with E-state index < -0.39 is 11.9 Å². The zero-order valence-corrected chi connectivity index (χ0v) is 11.6. The Morgan fingerprint density at radius 1 is 1.10 bits per heavy atom. The number of carbonyl (C=O) groups excluding carboxylic acids is 2. The monoisotopic (exact) mass is 278 g/mol. The Hall–Kier alpha value is -2.14. The van der Waals surface area contributed by atoms with Gasteiger partial charge in [0.25, 0.3) is 0 Å². The molecule has 5 heteroatoms. The van der Waals surface area contributed by atoms with Crippen molar-refractivity contribution in [2.45, 2.75) is 6.42 Å². The van der Waals surface area contributed by atoms with Gasteiger partial charge in [-0.3, -0.25) is 4.79 Å². The first-order valence-electron chi connectivity index (χ1n) is 6.16. The maximum atomic E-state index is 11.7. The van der Waals surface area contributed by atoms with Crippen LogP contribution in [0.15, 0.2) is 35.9 Å². The summed E-state index contributed by atoms with van der Waals surface area (Å²) in [7, 11) is 2.79. The molecule has 108 valence electrons. The normalized spacial score (nSPS) is 11.0. The average Bonchev–Trinajstić information content (AvgIpc) is 2.47. The Morgan fingerprint density at radius 3 is 2.40 bits per heavy atom. The fourth-order valence-electron chi connectivity index (χ4n) is 1.51. The summed E-state index contributed by atoms with van der Waals surface area (Å²) >= 11 is 0. The molecule has 0 amide bonds. The maximum absolute atomic E-state index is 11.7. The van der Waals surface area contributed by atoms with Crippen molar-refractivity contribution < 1.29 is 23.8 Å². The molecule has 20 heavy (non-hydrogen) atoms. The molecule has 0 unspecified atom stereocenters. The second kappa shape index (κ2) is 8.87. The molecule has 0 heterocycles. The lowest BCUT2D eigenvalue weighted by Gasteiger charge is -2.07. The number of rotatable bonds is 7. The Kier molecular flexibility index (Phi) is 7.06. The first-order valence-corrected chi connectivity index (χ1v) is 6.16. The standard InChI is InChI=1S/C15H18O5/c1-18-8-9-20-14(16)11-13(15(17)19-2)10-12-6-4-3-5-7-12/h3-7,10H,8-9,11H2,1-2H3/b13-10+. The van der Waals surface area contributed by atoms with E-state index >= 15 is 0 Å². The molecule has 1 aromatic rings. The highest BCUT2D eigenvalue weighted by Crippen LogP contribution is 2.12. The van der Waals surface area contributed by atoms with Gasteiger partial charge in [-0.15, -0.1) is 0 Å². The lowest BCUT2D eigenvalue weighted by Crippen LogP contribution is -2.14. The van der Waals surface area contributed by atoms with Crippen LogP contribution in [0.4, 0.5) is 0 Å². The smallest absolute Gasteiger partial charge is 0.334 e. The largest absolute Gasteiger partial charge is 0.466 e.